The first kappa shape index (κ1) is 24.3. The Morgan fingerprint density at radius 1 is 0.778 bits per heavy atom. The van der Waals surface area contributed by atoms with Gasteiger partial charge in [-0.1, -0.05) is 54.6 Å². The molecule has 3 aromatic carbocycles. The van der Waals surface area contributed by atoms with Crippen molar-refractivity contribution in [1.82, 2.24) is 5.32 Å². The van der Waals surface area contributed by atoms with Gasteiger partial charge in [-0.05, 0) is 36.4 Å². The van der Waals surface area contributed by atoms with Gasteiger partial charge in [0.2, 0.25) is 0 Å². The molecule has 182 valence electrons. The number of carbonyl (C=O) groups is 5. The highest BCUT2D eigenvalue weighted by Crippen LogP contribution is 2.25. The van der Waals surface area contributed by atoms with E-state index in [0.717, 1.165) is 0 Å². The molecule has 36 heavy (non-hydrogen) atoms. The normalized spacial score (nSPS) is 19.4. The van der Waals surface area contributed by atoms with Crippen LogP contribution in [0.2, 0.25) is 0 Å². The average molecular weight is 487 g/mol. The van der Waals surface area contributed by atoms with E-state index in [2.05, 4.69) is 5.32 Å². The molecule has 9 nitrogen and oxygen atoms in total. The van der Waals surface area contributed by atoms with Crippen molar-refractivity contribution < 1.29 is 38.2 Å². The third-order valence-electron chi connectivity index (χ3n) is 5.44. The second-order valence-corrected chi connectivity index (χ2v) is 7.83. The summed E-state index contributed by atoms with van der Waals surface area (Å²) in [6, 6.07) is 22.5. The van der Waals surface area contributed by atoms with Gasteiger partial charge in [-0.3, -0.25) is 9.59 Å². The minimum Gasteiger partial charge on any atom is -0.452 e. The zero-order valence-electron chi connectivity index (χ0n) is 18.8. The van der Waals surface area contributed by atoms with Gasteiger partial charge in [-0.2, -0.15) is 0 Å². The molecule has 1 heterocycles. The summed E-state index contributed by atoms with van der Waals surface area (Å²) in [7, 11) is 0. The first-order chi connectivity index (χ1) is 17.5. The van der Waals surface area contributed by atoms with E-state index >= 15 is 0 Å². The second kappa shape index (κ2) is 11.1. The van der Waals surface area contributed by atoms with Gasteiger partial charge in [0, 0.05) is 5.56 Å². The molecule has 0 aliphatic carbocycles. The van der Waals surface area contributed by atoms with Crippen LogP contribution in [-0.2, 0) is 23.8 Å². The Morgan fingerprint density at radius 3 is 1.81 bits per heavy atom. The summed E-state index contributed by atoms with van der Waals surface area (Å²) < 4.78 is 16.1. The summed E-state index contributed by atoms with van der Waals surface area (Å²) in [5.74, 6) is -3.23. The second-order valence-electron chi connectivity index (χ2n) is 7.83. The minimum absolute atomic E-state index is 0.167. The van der Waals surface area contributed by atoms with Crippen LogP contribution in [0.25, 0.3) is 0 Å². The molecule has 1 fully saturated rings. The number of benzene rings is 3. The number of ether oxygens (including phenoxy) is 3. The van der Waals surface area contributed by atoms with Crippen LogP contribution in [0.1, 0.15) is 31.1 Å². The summed E-state index contributed by atoms with van der Waals surface area (Å²) in [6.07, 6.45) is -4.27. The van der Waals surface area contributed by atoms with E-state index in [1.807, 2.05) is 0 Å². The molecule has 1 saturated heterocycles. The first-order valence-corrected chi connectivity index (χ1v) is 11.0. The fourth-order valence-corrected chi connectivity index (χ4v) is 3.65. The molecule has 1 aliphatic rings. The zero-order valence-corrected chi connectivity index (χ0v) is 18.8. The molecule has 1 amide bonds. The van der Waals surface area contributed by atoms with Crippen LogP contribution in [0, 0.1) is 0 Å². The smallest absolute Gasteiger partial charge is 0.338 e. The highest BCUT2D eigenvalue weighted by atomic mass is 16.6. The maximum Gasteiger partial charge on any atom is 0.338 e. The van der Waals surface area contributed by atoms with Gasteiger partial charge < -0.3 is 19.5 Å². The van der Waals surface area contributed by atoms with Crippen molar-refractivity contribution in [2.45, 2.75) is 24.4 Å². The van der Waals surface area contributed by atoms with Crippen molar-refractivity contribution in [1.29, 1.82) is 0 Å². The van der Waals surface area contributed by atoms with E-state index in [0.29, 0.717) is 0 Å². The van der Waals surface area contributed by atoms with Gasteiger partial charge in [0.1, 0.15) is 0 Å². The number of rotatable bonds is 8. The van der Waals surface area contributed by atoms with E-state index in [9.17, 15) is 24.0 Å². The van der Waals surface area contributed by atoms with Crippen LogP contribution >= 0.6 is 0 Å². The van der Waals surface area contributed by atoms with E-state index in [1.54, 1.807) is 54.6 Å². The first-order valence-electron chi connectivity index (χ1n) is 11.0. The summed E-state index contributed by atoms with van der Waals surface area (Å²) in [6.45, 7) is 0. The number of nitrogens with one attached hydrogen (secondary N) is 1. The molecule has 0 saturated carbocycles. The van der Waals surface area contributed by atoms with Crippen LogP contribution < -0.4 is 5.32 Å². The fourth-order valence-electron chi connectivity index (χ4n) is 3.65. The molecule has 0 spiro atoms. The molecular formula is C27H21NO8. The van der Waals surface area contributed by atoms with Crippen molar-refractivity contribution in [3.05, 3.63) is 108 Å². The van der Waals surface area contributed by atoms with Crippen molar-refractivity contribution in [3.63, 3.8) is 0 Å². The number of amides is 1. The Hall–Kier alpha value is -4.79. The Kier molecular flexibility index (Phi) is 7.50. The highest BCUT2D eigenvalue weighted by molar-refractivity contribution is 5.98. The largest absolute Gasteiger partial charge is 0.452 e. The van der Waals surface area contributed by atoms with Crippen molar-refractivity contribution in [2.24, 2.45) is 0 Å². The zero-order chi connectivity index (χ0) is 25.5. The SMILES string of the molecule is O=CC(OC(=O)c1ccccc1)[C@H]1OC(=O)[C@@H](NC(=O)c2ccccc2)[C@H]1OC(=O)c1ccccc1. The third-order valence-corrected chi connectivity index (χ3v) is 5.44. The Balaban J connectivity index is 1.60. The predicted octanol–water partition coefficient (Wildman–Crippen LogP) is 2.36. The van der Waals surface area contributed by atoms with Gasteiger partial charge in [0.25, 0.3) is 5.91 Å². The van der Waals surface area contributed by atoms with E-state index in [-0.39, 0.29) is 23.0 Å². The lowest BCUT2D eigenvalue weighted by molar-refractivity contribution is -0.149. The van der Waals surface area contributed by atoms with Crippen LogP contribution in [0.4, 0.5) is 0 Å². The van der Waals surface area contributed by atoms with E-state index in [1.165, 1.54) is 36.4 Å². The molecule has 3 aromatic rings. The topological polar surface area (TPSA) is 125 Å². The average Bonchev–Trinajstić information content (AvgIpc) is 3.22. The number of carbonyl (C=O) groups excluding carboxylic acids is 5. The quantitative estimate of drug-likeness (QED) is 0.292. The van der Waals surface area contributed by atoms with Gasteiger partial charge >= 0.3 is 17.9 Å². The molecule has 1 N–H and O–H groups in total. The Labute approximate surface area is 206 Å². The molecule has 1 unspecified atom stereocenters. The summed E-state index contributed by atoms with van der Waals surface area (Å²) in [5, 5.41) is 2.50. The van der Waals surface area contributed by atoms with E-state index < -0.39 is 48.2 Å². The molecule has 0 bridgehead atoms. The maximum absolute atomic E-state index is 12.8. The lowest BCUT2D eigenvalue weighted by Gasteiger charge is -2.25. The van der Waals surface area contributed by atoms with Crippen LogP contribution in [0.5, 0.6) is 0 Å². The molecular weight excluding hydrogens is 466 g/mol. The van der Waals surface area contributed by atoms with E-state index in [4.69, 9.17) is 14.2 Å². The molecule has 4 rings (SSSR count). The molecule has 1 aliphatic heterocycles. The van der Waals surface area contributed by atoms with Crippen molar-refractivity contribution >= 4 is 30.1 Å². The van der Waals surface area contributed by atoms with Gasteiger partial charge in [0.05, 0.1) is 11.1 Å². The fraction of sp³-hybridized carbons (Fsp3) is 0.148. The number of hydrogen-bond donors (Lipinski definition) is 1. The lowest BCUT2D eigenvalue weighted by atomic mass is 10.0. The van der Waals surface area contributed by atoms with Crippen LogP contribution in [0.3, 0.4) is 0 Å². The maximum atomic E-state index is 12.8. The van der Waals surface area contributed by atoms with Gasteiger partial charge in [-0.25, -0.2) is 14.4 Å². The number of esters is 3. The van der Waals surface area contributed by atoms with Gasteiger partial charge in [-0.15, -0.1) is 0 Å². The Morgan fingerprint density at radius 2 is 1.28 bits per heavy atom. The monoisotopic (exact) mass is 487 g/mol. The molecule has 0 aromatic heterocycles. The molecule has 9 heteroatoms. The number of aldehydes is 1. The molecule has 0 radical (unpaired) electrons. The van der Waals surface area contributed by atoms with Crippen molar-refractivity contribution in [2.75, 3.05) is 0 Å². The van der Waals surface area contributed by atoms with Crippen molar-refractivity contribution in [3.8, 4) is 0 Å². The summed E-state index contributed by atoms with van der Waals surface area (Å²) in [5.41, 5.74) is 0.595. The lowest BCUT2D eigenvalue weighted by Crippen LogP contribution is -2.51. The highest BCUT2D eigenvalue weighted by Gasteiger charge is 2.53. The predicted molar refractivity (Wildman–Crippen MR) is 125 cm³/mol. The third kappa shape index (κ3) is 5.47. The Bertz CT molecular complexity index is 1250. The number of hydrogen-bond acceptors (Lipinski definition) is 8. The van der Waals surface area contributed by atoms with Crippen LogP contribution in [-0.4, -0.2) is 54.5 Å². The molecule has 4 atom stereocenters. The summed E-state index contributed by atoms with van der Waals surface area (Å²) in [4.78, 5) is 62.8. The van der Waals surface area contributed by atoms with Crippen LogP contribution in [0.15, 0.2) is 91.0 Å². The number of cyclic esters (lactones) is 1. The standard InChI is InChI=1S/C27H21NO8/c29-16-20(34-25(31)18-12-6-2-7-13-18)22-23(36-26(32)19-14-8-3-9-15-19)21(27(33)35-22)28-24(30)17-10-4-1-5-11-17/h1-16,20-23H,(H,28,30)/t20?,21-,22+,23+/m0/s1. The minimum atomic E-state index is -1.60. The van der Waals surface area contributed by atoms with Gasteiger partial charge in [0.15, 0.2) is 30.6 Å². The summed E-state index contributed by atoms with van der Waals surface area (Å²) >= 11 is 0.